The Hall–Kier alpha value is -0.870. The predicted molar refractivity (Wildman–Crippen MR) is 81.4 cm³/mol. The van der Waals surface area contributed by atoms with E-state index in [4.69, 9.17) is 16.3 Å². The second kappa shape index (κ2) is 6.53. The summed E-state index contributed by atoms with van der Waals surface area (Å²) in [4.78, 5) is 11.6. The molecule has 1 aromatic carbocycles. The van der Waals surface area contributed by atoms with E-state index in [1.807, 2.05) is 17.8 Å². The van der Waals surface area contributed by atoms with E-state index in [0.29, 0.717) is 21.9 Å². The summed E-state index contributed by atoms with van der Waals surface area (Å²) < 4.78 is 4.73. The summed E-state index contributed by atoms with van der Waals surface area (Å²) in [6.07, 6.45) is 2.38. The van der Waals surface area contributed by atoms with Crippen molar-refractivity contribution in [1.29, 1.82) is 0 Å². The van der Waals surface area contributed by atoms with Crippen LogP contribution >= 0.6 is 23.4 Å². The molecule has 0 aromatic heterocycles. The summed E-state index contributed by atoms with van der Waals surface area (Å²) in [5.74, 6) is 0.826. The highest BCUT2D eigenvalue weighted by Crippen LogP contribution is 2.29. The van der Waals surface area contributed by atoms with Crippen LogP contribution in [0.25, 0.3) is 0 Å². The number of carbonyl (C=O) groups excluding carboxylic acids is 1. The maximum absolute atomic E-state index is 11.6. The molecule has 2 atom stereocenters. The number of hydrogen-bond acceptors (Lipinski definition) is 4. The van der Waals surface area contributed by atoms with Gasteiger partial charge in [0, 0.05) is 17.0 Å². The van der Waals surface area contributed by atoms with E-state index in [1.165, 1.54) is 19.3 Å². The van der Waals surface area contributed by atoms with Crippen LogP contribution in [-0.2, 0) is 4.74 Å². The lowest BCUT2D eigenvalue weighted by molar-refractivity contribution is 0.0601. The van der Waals surface area contributed by atoms with Gasteiger partial charge in [0.25, 0.3) is 0 Å². The van der Waals surface area contributed by atoms with E-state index in [9.17, 15) is 4.79 Å². The van der Waals surface area contributed by atoms with Gasteiger partial charge in [0.2, 0.25) is 0 Å². The Morgan fingerprint density at radius 1 is 1.53 bits per heavy atom. The van der Waals surface area contributed by atoms with E-state index in [1.54, 1.807) is 12.1 Å². The van der Waals surface area contributed by atoms with Crippen molar-refractivity contribution in [2.24, 2.45) is 0 Å². The van der Waals surface area contributed by atoms with Crippen LogP contribution < -0.4 is 5.32 Å². The second-order valence-corrected chi connectivity index (χ2v) is 6.55. The standard InChI is InChI=1S/C14H18ClNO2S/c1-9-13(4-3-7-19-9)16-10-5-6-12(15)11(8-10)14(17)18-2/h5-6,8-9,13,16H,3-4,7H2,1-2H3. The molecule has 1 heterocycles. The van der Waals surface area contributed by atoms with Gasteiger partial charge in [-0.1, -0.05) is 18.5 Å². The first-order valence-electron chi connectivity index (χ1n) is 6.38. The molecule has 1 aliphatic heterocycles. The van der Waals surface area contributed by atoms with Gasteiger partial charge in [-0.25, -0.2) is 4.79 Å². The number of halogens is 1. The van der Waals surface area contributed by atoms with Crippen LogP contribution in [0.15, 0.2) is 18.2 Å². The predicted octanol–water partition coefficient (Wildman–Crippen LogP) is 3.82. The Morgan fingerprint density at radius 2 is 2.32 bits per heavy atom. The molecule has 0 amide bonds. The van der Waals surface area contributed by atoms with Gasteiger partial charge in [-0.2, -0.15) is 11.8 Å². The first kappa shape index (κ1) is 14.5. The SMILES string of the molecule is COC(=O)c1cc(NC2CCCSC2C)ccc1Cl. The lowest BCUT2D eigenvalue weighted by atomic mass is 10.1. The maximum atomic E-state index is 11.6. The fraction of sp³-hybridized carbons (Fsp3) is 0.500. The lowest BCUT2D eigenvalue weighted by Gasteiger charge is -2.30. The zero-order valence-electron chi connectivity index (χ0n) is 11.1. The van der Waals surface area contributed by atoms with Crippen molar-refractivity contribution < 1.29 is 9.53 Å². The van der Waals surface area contributed by atoms with Crippen LogP contribution in [0.4, 0.5) is 5.69 Å². The van der Waals surface area contributed by atoms with E-state index in [0.717, 1.165) is 12.1 Å². The summed E-state index contributed by atoms with van der Waals surface area (Å²) >= 11 is 7.99. The van der Waals surface area contributed by atoms with Gasteiger partial charge in [-0.15, -0.1) is 0 Å². The normalized spacial score (nSPS) is 22.9. The summed E-state index contributed by atoms with van der Waals surface area (Å²) in [6.45, 7) is 2.23. The molecular weight excluding hydrogens is 282 g/mol. The third kappa shape index (κ3) is 3.57. The minimum Gasteiger partial charge on any atom is -0.465 e. The Morgan fingerprint density at radius 3 is 3.00 bits per heavy atom. The number of thioether (sulfide) groups is 1. The number of ether oxygens (including phenoxy) is 1. The number of methoxy groups -OCH3 is 1. The minimum absolute atomic E-state index is 0.403. The number of hydrogen-bond donors (Lipinski definition) is 1. The molecule has 1 saturated heterocycles. The molecule has 2 rings (SSSR count). The lowest BCUT2D eigenvalue weighted by Crippen LogP contribution is -2.32. The summed E-state index contributed by atoms with van der Waals surface area (Å²) in [5.41, 5.74) is 1.33. The van der Waals surface area contributed by atoms with Crippen molar-refractivity contribution in [2.45, 2.75) is 31.1 Å². The van der Waals surface area contributed by atoms with E-state index in [-0.39, 0.29) is 0 Å². The van der Waals surface area contributed by atoms with Gasteiger partial charge in [0.05, 0.1) is 17.7 Å². The smallest absolute Gasteiger partial charge is 0.339 e. The zero-order valence-corrected chi connectivity index (χ0v) is 12.7. The monoisotopic (exact) mass is 299 g/mol. The number of carbonyl (C=O) groups is 1. The molecule has 0 bridgehead atoms. The van der Waals surface area contributed by atoms with Gasteiger partial charge in [0.15, 0.2) is 0 Å². The number of esters is 1. The van der Waals surface area contributed by atoms with Crippen molar-refractivity contribution in [1.82, 2.24) is 0 Å². The number of benzene rings is 1. The molecule has 1 aliphatic rings. The van der Waals surface area contributed by atoms with Crippen LogP contribution in [-0.4, -0.2) is 30.1 Å². The van der Waals surface area contributed by atoms with Crippen molar-refractivity contribution >= 4 is 35.0 Å². The molecule has 104 valence electrons. The highest BCUT2D eigenvalue weighted by atomic mass is 35.5. The topological polar surface area (TPSA) is 38.3 Å². The molecule has 0 saturated carbocycles. The largest absolute Gasteiger partial charge is 0.465 e. The Labute approximate surface area is 123 Å². The van der Waals surface area contributed by atoms with E-state index >= 15 is 0 Å². The highest BCUT2D eigenvalue weighted by molar-refractivity contribution is 8.00. The van der Waals surface area contributed by atoms with Gasteiger partial charge in [-0.3, -0.25) is 0 Å². The molecular formula is C14H18ClNO2S. The van der Waals surface area contributed by atoms with Crippen LogP contribution in [0, 0.1) is 0 Å². The number of rotatable bonds is 3. The minimum atomic E-state index is -0.403. The van der Waals surface area contributed by atoms with Crippen molar-refractivity contribution in [2.75, 3.05) is 18.2 Å². The first-order chi connectivity index (χ1) is 9.11. The van der Waals surface area contributed by atoms with Crippen LogP contribution in [0.3, 0.4) is 0 Å². The molecule has 0 radical (unpaired) electrons. The molecule has 1 aromatic rings. The highest BCUT2D eigenvalue weighted by Gasteiger charge is 2.22. The van der Waals surface area contributed by atoms with Gasteiger partial charge < -0.3 is 10.1 Å². The number of anilines is 1. The maximum Gasteiger partial charge on any atom is 0.339 e. The molecule has 0 spiro atoms. The number of nitrogens with one attached hydrogen (secondary N) is 1. The molecule has 3 nitrogen and oxygen atoms in total. The van der Waals surface area contributed by atoms with Crippen molar-refractivity contribution in [3.63, 3.8) is 0 Å². The molecule has 1 fully saturated rings. The van der Waals surface area contributed by atoms with Crippen molar-refractivity contribution in [3.05, 3.63) is 28.8 Å². The molecule has 2 unspecified atom stereocenters. The third-order valence-electron chi connectivity index (χ3n) is 3.33. The average Bonchev–Trinajstić information content (AvgIpc) is 2.42. The quantitative estimate of drug-likeness (QED) is 0.861. The van der Waals surface area contributed by atoms with Crippen LogP contribution in [0.1, 0.15) is 30.1 Å². The van der Waals surface area contributed by atoms with E-state index < -0.39 is 5.97 Å². The summed E-state index contributed by atoms with van der Waals surface area (Å²) in [5, 5.41) is 4.48. The third-order valence-corrected chi connectivity index (χ3v) is 5.04. The summed E-state index contributed by atoms with van der Waals surface area (Å²) in [7, 11) is 1.36. The molecule has 19 heavy (non-hydrogen) atoms. The van der Waals surface area contributed by atoms with Gasteiger partial charge in [-0.05, 0) is 36.8 Å². The Balaban J connectivity index is 2.14. The fourth-order valence-corrected chi connectivity index (χ4v) is 3.54. The molecule has 5 heteroatoms. The van der Waals surface area contributed by atoms with Crippen molar-refractivity contribution in [3.8, 4) is 0 Å². The van der Waals surface area contributed by atoms with Crippen LogP contribution in [0.5, 0.6) is 0 Å². The average molecular weight is 300 g/mol. The van der Waals surface area contributed by atoms with Gasteiger partial charge >= 0.3 is 5.97 Å². The first-order valence-corrected chi connectivity index (χ1v) is 7.80. The molecule has 0 aliphatic carbocycles. The summed E-state index contributed by atoms with van der Waals surface area (Å²) in [6, 6.07) is 5.84. The second-order valence-electron chi connectivity index (χ2n) is 4.66. The molecule has 1 N–H and O–H groups in total. The Bertz CT molecular complexity index is 467. The Kier molecular flexibility index (Phi) is 4.99. The van der Waals surface area contributed by atoms with Crippen LogP contribution in [0.2, 0.25) is 5.02 Å². The van der Waals surface area contributed by atoms with Gasteiger partial charge in [0.1, 0.15) is 0 Å². The zero-order chi connectivity index (χ0) is 13.8. The fourth-order valence-electron chi connectivity index (χ4n) is 2.21. The van der Waals surface area contributed by atoms with E-state index in [2.05, 4.69) is 12.2 Å².